The summed E-state index contributed by atoms with van der Waals surface area (Å²) in [5.74, 6) is 5.61. The fourth-order valence-corrected chi connectivity index (χ4v) is 3.46. The Labute approximate surface area is 116 Å². The molecule has 0 amide bonds. The van der Waals surface area contributed by atoms with Crippen molar-refractivity contribution >= 4 is 21.2 Å². The van der Waals surface area contributed by atoms with Crippen LogP contribution in [0.2, 0.25) is 0 Å². The lowest BCUT2D eigenvalue weighted by molar-refractivity contribution is -0.384. The van der Waals surface area contributed by atoms with Crippen molar-refractivity contribution in [2.45, 2.75) is 6.54 Å². The molecule has 0 unspecified atom stereocenters. The predicted molar refractivity (Wildman–Crippen MR) is 74.8 cm³/mol. The van der Waals surface area contributed by atoms with E-state index in [1.54, 1.807) is 12.1 Å². The molecule has 20 heavy (non-hydrogen) atoms. The fourth-order valence-electron chi connectivity index (χ4n) is 2.19. The lowest BCUT2D eigenvalue weighted by Gasteiger charge is -2.27. The third kappa shape index (κ3) is 3.24. The van der Waals surface area contributed by atoms with E-state index in [4.69, 9.17) is 5.84 Å². The second-order valence-corrected chi connectivity index (χ2v) is 6.94. The SMILES string of the molecule is NNc1c(CN2CCS(=O)(=O)CC2)cccc1[N+](=O)[O-]. The summed E-state index contributed by atoms with van der Waals surface area (Å²) >= 11 is 0. The number of nitrogens with two attached hydrogens (primary N) is 1. The van der Waals surface area contributed by atoms with Crippen LogP contribution in [0.25, 0.3) is 0 Å². The van der Waals surface area contributed by atoms with Crippen molar-refractivity contribution in [3.63, 3.8) is 0 Å². The highest BCUT2D eigenvalue weighted by atomic mass is 32.2. The van der Waals surface area contributed by atoms with Gasteiger partial charge in [0.2, 0.25) is 0 Å². The molecule has 1 aromatic carbocycles. The number of para-hydroxylation sites is 1. The quantitative estimate of drug-likeness (QED) is 0.460. The first-order chi connectivity index (χ1) is 9.43. The van der Waals surface area contributed by atoms with Crippen LogP contribution in [0.1, 0.15) is 5.56 Å². The Bertz CT molecular complexity index is 603. The summed E-state index contributed by atoms with van der Waals surface area (Å²) in [4.78, 5) is 12.4. The van der Waals surface area contributed by atoms with Gasteiger partial charge in [0.1, 0.15) is 5.69 Å². The zero-order valence-electron chi connectivity index (χ0n) is 10.8. The second-order valence-electron chi connectivity index (χ2n) is 4.64. The lowest BCUT2D eigenvalue weighted by Crippen LogP contribution is -2.39. The van der Waals surface area contributed by atoms with Gasteiger partial charge in [0.15, 0.2) is 9.84 Å². The van der Waals surface area contributed by atoms with Crippen LogP contribution in [0.15, 0.2) is 18.2 Å². The van der Waals surface area contributed by atoms with Crippen molar-refractivity contribution in [3.05, 3.63) is 33.9 Å². The molecule has 1 aliphatic heterocycles. The molecule has 0 aliphatic carbocycles. The number of nitrogens with zero attached hydrogens (tertiary/aromatic N) is 2. The lowest BCUT2D eigenvalue weighted by atomic mass is 10.1. The van der Waals surface area contributed by atoms with E-state index in [0.29, 0.717) is 25.2 Å². The molecule has 0 saturated carbocycles. The number of nitrogens with one attached hydrogen (secondary N) is 1. The van der Waals surface area contributed by atoms with Crippen LogP contribution >= 0.6 is 0 Å². The first kappa shape index (κ1) is 14.7. The smallest absolute Gasteiger partial charge is 0.293 e. The van der Waals surface area contributed by atoms with Crippen molar-refractivity contribution in [2.24, 2.45) is 5.84 Å². The molecule has 2 rings (SSSR count). The average Bonchev–Trinajstić information content (AvgIpc) is 2.40. The molecule has 1 saturated heterocycles. The molecular formula is C11H16N4O4S. The van der Waals surface area contributed by atoms with Gasteiger partial charge in [-0.15, -0.1) is 0 Å². The highest BCUT2D eigenvalue weighted by Crippen LogP contribution is 2.28. The normalized spacial score (nSPS) is 18.6. The standard InChI is InChI=1S/C11H16N4O4S/c12-13-11-9(2-1-3-10(11)15(16)17)8-14-4-6-20(18,19)7-5-14/h1-3,13H,4-8,12H2. The van der Waals surface area contributed by atoms with Gasteiger partial charge in [-0.1, -0.05) is 12.1 Å². The van der Waals surface area contributed by atoms with E-state index < -0.39 is 14.8 Å². The summed E-state index contributed by atoms with van der Waals surface area (Å²) in [6.07, 6.45) is 0. The highest BCUT2D eigenvalue weighted by Gasteiger charge is 2.23. The van der Waals surface area contributed by atoms with E-state index in [0.717, 1.165) is 0 Å². The maximum absolute atomic E-state index is 11.4. The van der Waals surface area contributed by atoms with E-state index in [-0.39, 0.29) is 22.9 Å². The Morgan fingerprint density at radius 1 is 1.35 bits per heavy atom. The summed E-state index contributed by atoms with van der Waals surface area (Å²) in [6, 6.07) is 4.71. The summed E-state index contributed by atoms with van der Waals surface area (Å²) in [7, 11) is -2.94. The maximum Gasteiger partial charge on any atom is 0.293 e. The molecule has 0 aromatic heterocycles. The zero-order chi connectivity index (χ0) is 14.8. The summed E-state index contributed by atoms with van der Waals surface area (Å²) < 4.78 is 22.7. The van der Waals surface area contributed by atoms with Crippen molar-refractivity contribution in [3.8, 4) is 0 Å². The van der Waals surface area contributed by atoms with E-state index in [1.807, 2.05) is 4.90 Å². The van der Waals surface area contributed by atoms with Gasteiger partial charge < -0.3 is 5.43 Å². The summed E-state index contributed by atoms with van der Waals surface area (Å²) in [6.45, 7) is 1.28. The molecule has 1 fully saturated rings. The number of nitro benzene ring substituents is 1. The van der Waals surface area contributed by atoms with Crippen LogP contribution in [0.4, 0.5) is 11.4 Å². The minimum Gasteiger partial charge on any atom is -0.318 e. The van der Waals surface area contributed by atoms with Crippen LogP contribution in [-0.4, -0.2) is 42.8 Å². The van der Waals surface area contributed by atoms with Gasteiger partial charge in [-0.05, 0) is 5.56 Å². The molecule has 9 heteroatoms. The Balaban J connectivity index is 2.18. The molecule has 110 valence electrons. The predicted octanol–water partition coefficient (Wildman–Crippen LogP) is 0.111. The van der Waals surface area contributed by atoms with Gasteiger partial charge in [0.05, 0.1) is 16.4 Å². The Hall–Kier alpha value is -1.71. The average molecular weight is 300 g/mol. The molecule has 1 aromatic rings. The van der Waals surface area contributed by atoms with Crippen LogP contribution in [0, 0.1) is 10.1 Å². The molecule has 0 radical (unpaired) electrons. The molecule has 0 spiro atoms. The van der Waals surface area contributed by atoms with Gasteiger partial charge in [0, 0.05) is 25.7 Å². The number of sulfone groups is 1. The monoisotopic (exact) mass is 300 g/mol. The van der Waals surface area contributed by atoms with Gasteiger partial charge >= 0.3 is 0 Å². The Kier molecular flexibility index (Phi) is 4.21. The van der Waals surface area contributed by atoms with E-state index in [2.05, 4.69) is 5.43 Å². The van der Waals surface area contributed by atoms with Gasteiger partial charge in [0.25, 0.3) is 5.69 Å². The summed E-state index contributed by atoms with van der Waals surface area (Å²) in [5, 5.41) is 10.9. The van der Waals surface area contributed by atoms with E-state index in [9.17, 15) is 18.5 Å². The van der Waals surface area contributed by atoms with Crippen molar-refractivity contribution < 1.29 is 13.3 Å². The largest absolute Gasteiger partial charge is 0.318 e. The first-order valence-corrected chi connectivity index (χ1v) is 7.91. The topological polar surface area (TPSA) is 119 Å². The third-order valence-electron chi connectivity index (χ3n) is 3.30. The number of nitro groups is 1. The molecular weight excluding hydrogens is 284 g/mol. The number of nitrogen functional groups attached to an aromatic ring is 1. The minimum absolute atomic E-state index is 0.0883. The number of hydrogen-bond donors (Lipinski definition) is 2. The van der Waals surface area contributed by atoms with Gasteiger partial charge in [-0.25, -0.2) is 8.42 Å². The number of benzene rings is 1. The van der Waals surface area contributed by atoms with Crippen molar-refractivity contribution in [1.82, 2.24) is 4.90 Å². The minimum atomic E-state index is -2.94. The van der Waals surface area contributed by atoms with Crippen LogP contribution in [-0.2, 0) is 16.4 Å². The molecule has 0 atom stereocenters. The van der Waals surface area contributed by atoms with Gasteiger partial charge in [-0.3, -0.25) is 20.9 Å². The van der Waals surface area contributed by atoms with Crippen LogP contribution < -0.4 is 11.3 Å². The zero-order valence-corrected chi connectivity index (χ0v) is 11.6. The van der Waals surface area contributed by atoms with Gasteiger partial charge in [-0.2, -0.15) is 0 Å². The Morgan fingerprint density at radius 3 is 2.55 bits per heavy atom. The highest BCUT2D eigenvalue weighted by molar-refractivity contribution is 7.91. The molecule has 0 bridgehead atoms. The van der Waals surface area contributed by atoms with E-state index in [1.165, 1.54) is 6.07 Å². The van der Waals surface area contributed by atoms with Crippen LogP contribution in [0.5, 0.6) is 0 Å². The van der Waals surface area contributed by atoms with E-state index >= 15 is 0 Å². The third-order valence-corrected chi connectivity index (χ3v) is 4.91. The number of rotatable bonds is 4. The fraction of sp³-hybridized carbons (Fsp3) is 0.455. The Morgan fingerprint density at radius 2 is 2.00 bits per heavy atom. The summed E-state index contributed by atoms with van der Waals surface area (Å²) in [5.41, 5.74) is 3.23. The molecule has 1 aliphatic rings. The van der Waals surface area contributed by atoms with Crippen LogP contribution in [0.3, 0.4) is 0 Å². The molecule has 1 heterocycles. The molecule has 8 nitrogen and oxygen atoms in total. The number of anilines is 1. The number of hydrazine groups is 1. The second kappa shape index (κ2) is 5.73. The van der Waals surface area contributed by atoms with Crippen molar-refractivity contribution in [2.75, 3.05) is 30.0 Å². The molecule has 3 N–H and O–H groups in total. The van der Waals surface area contributed by atoms with Crippen molar-refractivity contribution in [1.29, 1.82) is 0 Å². The maximum atomic E-state index is 11.4. The number of hydrogen-bond acceptors (Lipinski definition) is 7. The first-order valence-electron chi connectivity index (χ1n) is 6.08.